The Hall–Kier alpha value is -2.42. The summed E-state index contributed by atoms with van der Waals surface area (Å²) in [4.78, 5) is 0. The molecule has 1 atom stereocenters. The summed E-state index contributed by atoms with van der Waals surface area (Å²) in [7, 11) is 1.65. The van der Waals surface area contributed by atoms with Gasteiger partial charge in [-0.1, -0.05) is 91.0 Å². The SMILES string of the molecule is [CH2]C(COC(c1ccccc1)(c1ccccc1)c1ccccc1)OC. The third kappa shape index (κ3) is 3.65. The fraction of sp³-hybridized carbons (Fsp3) is 0.174. The number of hydrogen-bond acceptors (Lipinski definition) is 2. The Labute approximate surface area is 150 Å². The van der Waals surface area contributed by atoms with E-state index in [2.05, 4.69) is 43.3 Å². The molecule has 0 aliphatic heterocycles. The van der Waals surface area contributed by atoms with Gasteiger partial charge in [0, 0.05) is 7.11 Å². The van der Waals surface area contributed by atoms with Gasteiger partial charge in [-0.3, -0.25) is 0 Å². The van der Waals surface area contributed by atoms with Crippen molar-refractivity contribution in [3.05, 3.63) is 115 Å². The number of benzene rings is 3. The highest BCUT2D eigenvalue weighted by Gasteiger charge is 2.37. The zero-order valence-electron chi connectivity index (χ0n) is 14.5. The molecule has 3 rings (SSSR count). The first-order valence-corrected chi connectivity index (χ1v) is 8.44. The molecule has 0 aliphatic carbocycles. The molecule has 3 aromatic carbocycles. The van der Waals surface area contributed by atoms with Crippen LogP contribution in [0.2, 0.25) is 0 Å². The van der Waals surface area contributed by atoms with Gasteiger partial charge in [0.15, 0.2) is 0 Å². The lowest BCUT2D eigenvalue weighted by molar-refractivity contribution is -0.0374. The number of ether oxygens (including phenoxy) is 2. The van der Waals surface area contributed by atoms with E-state index in [0.717, 1.165) is 16.7 Å². The molecule has 0 bridgehead atoms. The average molecular weight is 331 g/mol. The summed E-state index contributed by atoms with van der Waals surface area (Å²) in [5.41, 5.74) is 2.53. The highest BCUT2D eigenvalue weighted by atomic mass is 16.5. The van der Waals surface area contributed by atoms with Crippen LogP contribution in [0.5, 0.6) is 0 Å². The first-order chi connectivity index (χ1) is 12.3. The Morgan fingerprint density at radius 1 is 0.720 bits per heavy atom. The zero-order chi connectivity index (χ0) is 17.5. The van der Waals surface area contributed by atoms with E-state index < -0.39 is 5.60 Å². The second-order valence-corrected chi connectivity index (χ2v) is 5.95. The van der Waals surface area contributed by atoms with Crippen molar-refractivity contribution in [2.24, 2.45) is 0 Å². The van der Waals surface area contributed by atoms with Gasteiger partial charge in [0.25, 0.3) is 0 Å². The molecule has 2 nitrogen and oxygen atoms in total. The van der Waals surface area contributed by atoms with Gasteiger partial charge in [-0.05, 0) is 23.6 Å². The van der Waals surface area contributed by atoms with E-state index in [9.17, 15) is 0 Å². The fourth-order valence-electron chi connectivity index (χ4n) is 3.05. The summed E-state index contributed by atoms with van der Waals surface area (Å²) in [6, 6.07) is 30.9. The molecule has 0 spiro atoms. The predicted molar refractivity (Wildman–Crippen MR) is 101 cm³/mol. The van der Waals surface area contributed by atoms with Gasteiger partial charge >= 0.3 is 0 Å². The van der Waals surface area contributed by atoms with Crippen LogP contribution in [0.15, 0.2) is 91.0 Å². The molecule has 0 aliphatic rings. The van der Waals surface area contributed by atoms with E-state index in [4.69, 9.17) is 9.47 Å². The summed E-state index contributed by atoms with van der Waals surface area (Å²) < 4.78 is 11.9. The lowest BCUT2D eigenvalue weighted by Crippen LogP contribution is -2.35. The van der Waals surface area contributed by atoms with Crippen LogP contribution in [0.25, 0.3) is 0 Å². The van der Waals surface area contributed by atoms with Gasteiger partial charge < -0.3 is 9.47 Å². The van der Waals surface area contributed by atoms with E-state index in [1.807, 2.05) is 54.6 Å². The Morgan fingerprint density at radius 3 is 1.40 bits per heavy atom. The van der Waals surface area contributed by atoms with E-state index in [-0.39, 0.29) is 6.10 Å². The zero-order valence-corrected chi connectivity index (χ0v) is 14.5. The van der Waals surface area contributed by atoms with Gasteiger partial charge in [-0.25, -0.2) is 0 Å². The summed E-state index contributed by atoms with van der Waals surface area (Å²) >= 11 is 0. The van der Waals surface area contributed by atoms with Crippen molar-refractivity contribution in [3.8, 4) is 0 Å². The van der Waals surface area contributed by atoms with Gasteiger partial charge in [-0.2, -0.15) is 0 Å². The van der Waals surface area contributed by atoms with E-state index in [1.165, 1.54) is 0 Å². The van der Waals surface area contributed by atoms with Crippen molar-refractivity contribution >= 4 is 0 Å². The largest absolute Gasteiger partial charge is 0.379 e. The smallest absolute Gasteiger partial charge is 0.143 e. The Bertz CT molecular complexity index is 657. The molecule has 2 heteroatoms. The Balaban J connectivity index is 2.20. The van der Waals surface area contributed by atoms with E-state index in [1.54, 1.807) is 7.11 Å². The van der Waals surface area contributed by atoms with Gasteiger partial charge in [0.2, 0.25) is 0 Å². The second-order valence-electron chi connectivity index (χ2n) is 5.95. The van der Waals surface area contributed by atoms with Crippen LogP contribution in [0.3, 0.4) is 0 Å². The molecule has 3 aromatic rings. The normalized spacial score (nSPS) is 12.7. The fourth-order valence-corrected chi connectivity index (χ4v) is 3.05. The topological polar surface area (TPSA) is 18.5 Å². The molecular weight excluding hydrogens is 308 g/mol. The second kappa shape index (κ2) is 8.11. The Morgan fingerprint density at radius 2 is 1.08 bits per heavy atom. The Kier molecular flexibility index (Phi) is 5.64. The van der Waals surface area contributed by atoms with Gasteiger partial charge in [-0.15, -0.1) is 0 Å². The maximum atomic E-state index is 6.55. The molecule has 0 heterocycles. The standard InChI is InChI=1S/C23H23O2/c1-19(24-2)18-25-23(20-12-6-3-7-13-20,21-14-8-4-9-15-21)22-16-10-5-11-17-22/h3-17,19H,1,18H2,2H3. The summed E-state index contributed by atoms with van der Waals surface area (Å²) in [6.45, 7) is 4.38. The van der Waals surface area contributed by atoms with Crippen molar-refractivity contribution in [2.45, 2.75) is 11.7 Å². The number of hydrogen-bond donors (Lipinski definition) is 0. The minimum absolute atomic E-state index is 0.240. The summed E-state index contributed by atoms with van der Waals surface area (Å²) in [5.74, 6) is 0. The molecule has 0 saturated carbocycles. The average Bonchev–Trinajstić information content (AvgIpc) is 2.71. The molecule has 0 N–H and O–H groups in total. The van der Waals surface area contributed by atoms with Gasteiger partial charge in [0.1, 0.15) is 5.60 Å². The van der Waals surface area contributed by atoms with Crippen LogP contribution < -0.4 is 0 Å². The molecular formula is C23H23O2. The first-order valence-electron chi connectivity index (χ1n) is 8.44. The number of rotatable bonds is 7. The quantitative estimate of drug-likeness (QED) is 0.577. The van der Waals surface area contributed by atoms with Crippen molar-refractivity contribution in [2.75, 3.05) is 13.7 Å². The van der Waals surface area contributed by atoms with Crippen LogP contribution in [0, 0.1) is 6.92 Å². The molecule has 127 valence electrons. The molecule has 25 heavy (non-hydrogen) atoms. The molecule has 0 fully saturated rings. The maximum absolute atomic E-state index is 6.55. The number of methoxy groups -OCH3 is 1. The van der Waals surface area contributed by atoms with Crippen LogP contribution in [-0.2, 0) is 15.1 Å². The molecule has 1 radical (unpaired) electrons. The molecule has 1 unspecified atom stereocenters. The monoisotopic (exact) mass is 331 g/mol. The minimum atomic E-state index is -0.710. The predicted octanol–water partition coefficient (Wildman–Crippen LogP) is 4.84. The highest BCUT2D eigenvalue weighted by Crippen LogP contribution is 2.40. The summed E-state index contributed by atoms with van der Waals surface area (Å²) in [5, 5.41) is 0. The van der Waals surface area contributed by atoms with Gasteiger partial charge in [0.05, 0.1) is 12.7 Å². The van der Waals surface area contributed by atoms with Crippen molar-refractivity contribution in [3.63, 3.8) is 0 Å². The molecule has 0 aromatic heterocycles. The third-order valence-corrected chi connectivity index (χ3v) is 4.36. The maximum Gasteiger partial charge on any atom is 0.143 e. The van der Waals surface area contributed by atoms with Crippen molar-refractivity contribution in [1.29, 1.82) is 0 Å². The minimum Gasteiger partial charge on any atom is -0.379 e. The van der Waals surface area contributed by atoms with E-state index in [0.29, 0.717) is 6.61 Å². The molecule has 0 saturated heterocycles. The highest BCUT2D eigenvalue weighted by molar-refractivity contribution is 5.47. The van der Waals surface area contributed by atoms with Crippen LogP contribution >= 0.6 is 0 Å². The van der Waals surface area contributed by atoms with Crippen molar-refractivity contribution in [1.82, 2.24) is 0 Å². The third-order valence-electron chi connectivity index (χ3n) is 4.36. The van der Waals surface area contributed by atoms with Crippen molar-refractivity contribution < 1.29 is 9.47 Å². The first kappa shape index (κ1) is 17.4. The summed E-state index contributed by atoms with van der Waals surface area (Å²) in [6.07, 6.45) is -0.240. The van der Waals surface area contributed by atoms with Crippen LogP contribution in [0.1, 0.15) is 16.7 Å². The lowest BCUT2D eigenvalue weighted by atomic mass is 9.80. The molecule has 0 amide bonds. The van der Waals surface area contributed by atoms with E-state index >= 15 is 0 Å². The van der Waals surface area contributed by atoms with Crippen LogP contribution in [-0.4, -0.2) is 19.8 Å². The lowest BCUT2D eigenvalue weighted by Gasteiger charge is -2.36. The van der Waals surface area contributed by atoms with Crippen LogP contribution in [0.4, 0.5) is 0 Å².